The molecule has 17 heavy (non-hydrogen) atoms. The Bertz CT molecular complexity index is 298. The Morgan fingerprint density at radius 1 is 1.47 bits per heavy atom. The second-order valence-corrected chi connectivity index (χ2v) is 4.40. The first kappa shape index (κ1) is 14.0. The van der Waals surface area contributed by atoms with Gasteiger partial charge in [-0.25, -0.2) is 0 Å². The van der Waals surface area contributed by atoms with Gasteiger partial charge < -0.3 is 14.5 Å². The molecule has 0 aromatic heterocycles. The number of ether oxygens (including phenoxy) is 1. The van der Waals surface area contributed by atoms with Gasteiger partial charge in [0.2, 0.25) is 0 Å². The summed E-state index contributed by atoms with van der Waals surface area (Å²) in [5.74, 6) is 5.24. The lowest BCUT2D eigenvalue weighted by Crippen LogP contribution is -2.47. The van der Waals surface area contributed by atoms with Gasteiger partial charge in [0, 0.05) is 19.7 Å². The van der Waals surface area contributed by atoms with Crippen LogP contribution in [-0.2, 0) is 9.53 Å². The number of carbonyl (C=O) groups excluding carboxylic acids is 1. The molecule has 1 saturated heterocycles. The van der Waals surface area contributed by atoms with Gasteiger partial charge in [-0.2, -0.15) is 0 Å². The lowest BCUT2D eigenvalue weighted by Gasteiger charge is -2.36. The molecule has 0 atom stereocenters. The molecule has 96 valence electrons. The van der Waals surface area contributed by atoms with Crippen LogP contribution in [0, 0.1) is 11.8 Å². The van der Waals surface area contributed by atoms with Gasteiger partial charge in [0.15, 0.2) is 0 Å². The van der Waals surface area contributed by atoms with Crippen molar-refractivity contribution < 1.29 is 9.53 Å². The molecule has 1 rings (SSSR count). The summed E-state index contributed by atoms with van der Waals surface area (Å²) in [5, 5.41) is 0. The maximum absolute atomic E-state index is 11.9. The van der Waals surface area contributed by atoms with E-state index in [0.717, 1.165) is 25.9 Å². The molecule has 0 saturated carbocycles. The third-order valence-corrected chi connectivity index (χ3v) is 3.16. The Morgan fingerprint density at radius 3 is 2.65 bits per heavy atom. The fourth-order valence-electron chi connectivity index (χ4n) is 2.12. The molecular weight excluding hydrogens is 216 g/mol. The van der Waals surface area contributed by atoms with Gasteiger partial charge in [0.05, 0.1) is 6.61 Å². The highest BCUT2D eigenvalue weighted by Gasteiger charge is 2.25. The molecule has 0 aromatic carbocycles. The number of hydrogen-bond donors (Lipinski definition) is 0. The number of piperidine rings is 1. The van der Waals surface area contributed by atoms with E-state index in [1.807, 2.05) is 4.90 Å². The molecule has 1 aliphatic heterocycles. The zero-order valence-corrected chi connectivity index (χ0v) is 11.0. The molecule has 1 fully saturated rings. The molecule has 1 aliphatic rings. The van der Waals surface area contributed by atoms with Gasteiger partial charge in [-0.15, -0.1) is 0 Å². The third kappa shape index (κ3) is 4.37. The lowest BCUT2D eigenvalue weighted by molar-refractivity contribution is -0.129. The summed E-state index contributed by atoms with van der Waals surface area (Å²) < 4.78 is 5.06. The van der Waals surface area contributed by atoms with E-state index in [-0.39, 0.29) is 5.91 Å². The predicted molar refractivity (Wildman–Crippen MR) is 67.6 cm³/mol. The van der Waals surface area contributed by atoms with Crippen LogP contribution < -0.4 is 0 Å². The van der Waals surface area contributed by atoms with Crippen molar-refractivity contribution in [3.8, 4) is 11.8 Å². The second-order valence-electron chi connectivity index (χ2n) is 4.40. The number of rotatable bonds is 4. The Labute approximate surface area is 104 Å². The lowest BCUT2D eigenvalue weighted by atomic mass is 10.0. The highest BCUT2D eigenvalue weighted by atomic mass is 16.5. The van der Waals surface area contributed by atoms with Crippen LogP contribution in [0.25, 0.3) is 0 Å². The van der Waals surface area contributed by atoms with Gasteiger partial charge in [-0.05, 0) is 45.8 Å². The van der Waals surface area contributed by atoms with Crippen LogP contribution in [0.15, 0.2) is 0 Å². The minimum absolute atomic E-state index is 0.0703. The summed E-state index contributed by atoms with van der Waals surface area (Å²) in [6, 6.07) is 0.315. The zero-order valence-electron chi connectivity index (χ0n) is 11.0. The molecule has 0 spiro atoms. The SMILES string of the molecule is CC#CC(=O)N(CCOC)C1CCN(C)CC1. The van der Waals surface area contributed by atoms with Crippen molar-refractivity contribution >= 4 is 5.91 Å². The standard InChI is InChI=1S/C13H22N2O2/c1-4-5-13(16)15(10-11-17-3)12-6-8-14(2)9-7-12/h12H,6-11H2,1-3H3. The quantitative estimate of drug-likeness (QED) is 0.672. The molecule has 1 amide bonds. The first-order valence-corrected chi connectivity index (χ1v) is 6.10. The molecule has 0 N–H and O–H groups in total. The number of methoxy groups -OCH3 is 1. The fourth-order valence-corrected chi connectivity index (χ4v) is 2.12. The maximum atomic E-state index is 11.9. The minimum atomic E-state index is -0.0703. The summed E-state index contributed by atoms with van der Waals surface area (Å²) in [7, 11) is 3.77. The highest BCUT2D eigenvalue weighted by Crippen LogP contribution is 2.15. The van der Waals surface area contributed by atoms with Crippen molar-refractivity contribution in [1.82, 2.24) is 9.80 Å². The van der Waals surface area contributed by atoms with Crippen LogP contribution in [0.3, 0.4) is 0 Å². The number of likely N-dealkylation sites (tertiary alicyclic amines) is 1. The molecule has 0 unspecified atom stereocenters. The Balaban J connectivity index is 2.60. The normalized spacial score (nSPS) is 17.4. The van der Waals surface area contributed by atoms with E-state index in [1.165, 1.54) is 0 Å². The Kier molecular flexibility index (Phi) is 6.03. The average Bonchev–Trinajstić information content (AvgIpc) is 2.32. The first-order valence-electron chi connectivity index (χ1n) is 6.10. The largest absolute Gasteiger partial charge is 0.383 e. The topological polar surface area (TPSA) is 32.8 Å². The van der Waals surface area contributed by atoms with E-state index in [0.29, 0.717) is 19.2 Å². The Hall–Kier alpha value is -1.05. The number of nitrogens with zero attached hydrogens (tertiary/aromatic N) is 2. The van der Waals surface area contributed by atoms with Gasteiger partial charge in [-0.3, -0.25) is 4.79 Å². The van der Waals surface area contributed by atoms with Crippen LogP contribution in [-0.4, -0.2) is 62.1 Å². The summed E-state index contributed by atoms with van der Waals surface area (Å²) in [6.07, 6.45) is 2.05. The smallest absolute Gasteiger partial charge is 0.298 e. The van der Waals surface area contributed by atoms with Crippen LogP contribution in [0.2, 0.25) is 0 Å². The highest BCUT2D eigenvalue weighted by molar-refractivity contribution is 5.93. The van der Waals surface area contributed by atoms with E-state index in [9.17, 15) is 4.79 Å². The summed E-state index contributed by atoms with van der Waals surface area (Å²) in [6.45, 7) is 4.99. The van der Waals surface area contributed by atoms with E-state index >= 15 is 0 Å². The Morgan fingerprint density at radius 2 is 2.12 bits per heavy atom. The van der Waals surface area contributed by atoms with Crippen LogP contribution in [0.4, 0.5) is 0 Å². The summed E-state index contributed by atoms with van der Waals surface area (Å²) >= 11 is 0. The third-order valence-electron chi connectivity index (χ3n) is 3.16. The number of carbonyl (C=O) groups is 1. The van der Waals surface area contributed by atoms with Gasteiger partial charge >= 0.3 is 0 Å². The first-order chi connectivity index (χ1) is 8.19. The van der Waals surface area contributed by atoms with E-state index in [2.05, 4.69) is 23.8 Å². The van der Waals surface area contributed by atoms with E-state index < -0.39 is 0 Å². The molecule has 0 bridgehead atoms. The van der Waals surface area contributed by atoms with E-state index in [4.69, 9.17) is 4.74 Å². The van der Waals surface area contributed by atoms with Crippen molar-refractivity contribution in [1.29, 1.82) is 0 Å². The second kappa shape index (κ2) is 7.31. The van der Waals surface area contributed by atoms with Crippen molar-refractivity contribution in [3.63, 3.8) is 0 Å². The van der Waals surface area contributed by atoms with Crippen molar-refractivity contribution in [2.75, 3.05) is 40.4 Å². The molecule has 4 heteroatoms. The summed E-state index contributed by atoms with van der Waals surface area (Å²) in [5.41, 5.74) is 0. The molecule has 0 radical (unpaired) electrons. The number of hydrogen-bond acceptors (Lipinski definition) is 3. The average molecular weight is 238 g/mol. The molecule has 0 aromatic rings. The van der Waals surface area contributed by atoms with Crippen molar-refractivity contribution in [3.05, 3.63) is 0 Å². The van der Waals surface area contributed by atoms with Crippen LogP contribution >= 0.6 is 0 Å². The molecule has 0 aliphatic carbocycles. The monoisotopic (exact) mass is 238 g/mol. The van der Waals surface area contributed by atoms with Crippen LogP contribution in [0.1, 0.15) is 19.8 Å². The van der Waals surface area contributed by atoms with E-state index in [1.54, 1.807) is 14.0 Å². The van der Waals surface area contributed by atoms with Crippen molar-refractivity contribution in [2.24, 2.45) is 0 Å². The van der Waals surface area contributed by atoms with Gasteiger partial charge in [0.25, 0.3) is 5.91 Å². The minimum Gasteiger partial charge on any atom is -0.383 e. The fraction of sp³-hybridized carbons (Fsp3) is 0.769. The van der Waals surface area contributed by atoms with Crippen LogP contribution in [0.5, 0.6) is 0 Å². The molecule has 1 heterocycles. The molecular formula is C13H22N2O2. The summed E-state index contributed by atoms with van der Waals surface area (Å²) in [4.78, 5) is 16.1. The zero-order chi connectivity index (χ0) is 12.7. The van der Waals surface area contributed by atoms with Crippen molar-refractivity contribution in [2.45, 2.75) is 25.8 Å². The molecule has 4 nitrogen and oxygen atoms in total. The predicted octanol–water partition coefficient (Wildman–Crippen LogP) is 0.579. The number of amides is 1. The van der Waals surface area contributed by atoms with Gasteiger partial charge in [-0.1, -0.05) is 5.92 Å². The maximum Gasteiger partial charge on any atom is 0.298 e. The van der Waals surface area contributed by atoms with Gasteiger partial charge in [0.1, 0.15) is 0 Å².